The number of hydrogen-bond acceptors (Lipinski definition) is 7. The number of fused-ring (bicyclic) bond motifs is 2. The van der Waals surface area contributed by atoms with Gasteiger partial charge in [0, 0.05) is 48.3 Å². The second-order valence-corrected chi connectivity index (χ2v) is 19.3. The SMILES string of the molecule is CC1(C)C(/C=C/C2=C(c3ccc(CCC(=O)O)cc3)C(=C/C=C3/C(NCCS(=O)(=O)O)c4ccccc4C3(C)C)/CCC2)=[N+](CCCS(=O)(=O)[O-])c2ccccc21. The third-order valence-electron chi connectivity index (χ3n) is 11.6. The lowest BCUT2D eigenvalue weighted by molar-refractivity contribution is -0.437. The first-order valence-corrected chi connectivity index (χ1v) is 22.7. The maximum Gasteiger partial charge on any atom is 0.303 e. The molecule has 0 amide bonds. The Hall–Kier alpha value is -4.46. The summed E-state index contributed by atoms with van der Waals surface area (Å²) in [5.74, 6) is -1.69. The van der Waals surface area contributed by atoms with Crippen molar-refractivity contribution in [2.24, 2.45) is 0 Å². The van der Waals surface area contributed by atoms with Crippen molar-refractivity contribution in [2.45, 2.75) is 83.1 Å². The average Bonchev–Trinajstić information content (AvgIpc) is 3.49. The molecule has 1 unspecified atom stereocenters. The van der Waals surface area contributed by atoms with Crippen LogP contribution in [0, 0.1) is 0 Å². The van der Waals surface area contributed by atoms with Crippen molar-refractivity contribution in [1.29, 1.82) is 0 Å². The Morgan fingerprint density at radius 3 is 2.25 bits per heavy atom. The molecule has 0 aromatic heterocycles. The number of carbonyl (C=O) groups is 1. The molecule has 1 atom stereocenters. The molecule has 3 aromatic rings. The molecule has 1 aliphatic heterocycles. The van der Waals surface area contributed by atoms with Gasteiger partial charge in [-0.25, -0.2) is 8.42 Å². The molecule has 3 aromatic carbocycles. The standard InChI is InChI=1S/C45H52N2O8S2/c1-44(2)36-14-6-5-13-35(36)43(46-27-30-57(53,54)55)38(44)24-22-32-11-9-12-33(42(32)34-20-17-31(18-21-34)19-26-41(48)49)23-25-40-45(3,4)37-15-7-8-16-39(37)47(40)28-10-29-56(50,51)52/h5-8,13-18,20-25,43,46H,9-12,19,26-30H2,1-4H3,(H2-,48,49,50,51,52,53,54,55)/b25-23+,32-22+,38-24-. The monoisotopic (exact) mass is 812 g/mol. The summed E-state index contributed by atoms with van der Waals surface area (Å²) in [6.45, 7) is 9.10. The van der Waals surface area contributed by atoms with Gasteiger partial charge in [0.1, 0.15) is 6.54 Å². The number of nitrogens with one attached hydrogen (secondary N) is 1. The molecule has 3 aliphatic rings. The molecule has 12 heteroatoms. The smallest absolute Gasteiger partial charge is 0.303 e. The fraction of sp³-hybridized carbons (Fsp3) is 0.378. The molecule has 1 heterocycles. The molecule has 2 aliphatic carbocycles. The predicted octanol–water partition coefficient (Wildman–Crippen LogP) is 7.57. The van der Waals surface area contributed by atoms with Gasteiger partial charge in [-0.05, 0) is 84.1 Å². The molecule has 0 fully saturated rings. The van der Waals surface area contributed by atoms with Crippen molar-refractivity contribution in [2.75, 3.05) is 24.6 Å². The summed E-state index contributed by atoms with van der Waals surface area (Å²) in [5, 5.41) is 12.7. The topological polar surface area (TPSA) is 164 Å². The molecule has 0 radical (unpaired) electrons. The van der Waals surface area contributed by atoms with E-state index < -0.39 is 43.1 Å². The summed E-state index contributed by atoms with van der Waals surface area (Å²) in [6.07, 6.45) is 11.8. The van der Waals surface area contributed by atoms with Gasteiger partial charge in [0.15, 0.2) is 5.71 Å². The van der Waals surface area contributed by atoms with Crippen LogP contribution in [0.3, 0.4) is 0 Å². The Balaban J connectivity index is 1.46. The quantitative estimate of drug-likeness (QED) is 0.104. The van der Waals surface area contributed by atoms with Gasteiger partial charge in [-0.2, -0.15) is 13.0 Å². The highest BCUT2D eigenvalue weighted by Crippen LogP contribution is 2.49. The zero-order valence-electron chi connectivity index (χ0n) is 33.0. The van der Waals surface area contributed by atoms with Gasteiger partial charge in [0.25, 0.3) is 10.1 Å². The van der Waals surface area contributed by atoms with Crippen LogP contribution in [0.4, 0.5) is 5.69 Å². The Morgan fingerprint density at radius 2 is 1.56 bits per heavy atom. The first kappa shape index (κ1) is 42.2. The Kier molecular flexibility index (Phi) is 12.4. The van der Waals surface area contributed by atoms with E-state index in [1.54, 1.807) is 0 Å². The summed E-state index contributed by atoms with van der Waals surface area (Å²) < 4.78 is 69.5. The number of rotatable bonds is 15. The Morgan fingerprint density at radius 1 is 0.877 bits per heavy atom. The van der Waals surface area contributed by atoms with Crippen molar-refractivity contribution in [3.63, 3.8) is 0 Å². The Labute approximate surface area is 336 Å². The molecule has 6 rings (SSSR count). The van der Waals surface area contributed by atoms with Crippen LogP contribution in [0.5, 0.6) is 0 Å². The number of nitrogens with zero attached hydrogens (tertiary/aromatic N) is 1. The fourth-order valence-electron chi connectivity index (χ4n) is 8.73. The highest BCUT2D eigenvalue weighted by molar-refractivity contribution is 7.86. The fourth-order valence-corrected chi connectivity index (χ4v) is 9.59. The molecule has 3 N–H and O–H groups in total. The average molecular weight is 813 g/mol. The summed E-state index contributed by atoms with van der Waals surface area (Å²) in [4.78, 5) is 11.3. The van der Waals surface area contributed by atoms with E-state index >= 15 is 0 Å². The molecule has 57 heavy (non-hydrogen) atoms. The van der Waals surface area contributed by atoms with E-state index in [0.29, 0.717) is 13.0 Å². The number of benzene rings is 3. The van der Waals surface area contributed by atoms with Crippen molar-refractivity contribution in [3.8, 4) is 0 Å². The van der Waals surface area contributed by atoms with Gasteiger partial charge in [-0.15, -0.1) is 0 Å². The zero-order valence-corrected chi connectivity index (χ0v) is 34.6. The van der Waals surface area contributed by atoms with Crippen molar-refractivity contribution in [1.82, 2.24) is 5.32 Å². The van der Waals surface area contributed by atoms with Crippen LogP contribution >= 0.6 is 0 Å². The summed E-state index contributed by atoms with van der Waals surface area (Å²) in [5.41, 5.74) is 10.9. The van der Waals surface area contributed by atoms with Crippen molar-refractivity contribution >= 4 is 43.2 Å². The summed E-state index contributed by atoms with van der Waals surface area (Å²) >= 11 is 0. The number of carboxylic acids is 1. The maximum atomic E-state index is 11.6. The normalized spacial score (nSPS) is 20.5. The molecule has 0 bridgehead atoms. The Bertz CT molecular complexity index is 2420. The highest BCUT2D eigenvalue weighted by Gasteiger charge is 2.44. The first-order valence-electron chi connectivity index (χ1n) is 19.5. The van der Waals surface area contributed by atoms with Crippen LogP contribution in [-0.2, 0) is 42.3 Å². The number of aliphatic carboxylic acids is 1. The second-order valence-electron chi connectivity index (χ2n) is 16.2. The number of aryl methyl sites for hydroxylation is 1. The molecule has 0 saturated heterocycles. The molecule has 0 saturated carbocycles. The van der Waals surface area contributed by atoms with Crippen LogP contribution in [0.1, 0.15) is 93.7 Å². The van der Waals surface area contributed by atoms with E-state index in [1.165, 1.54) is 0 Å². The maximum absolute atomic E-state index is 11.6. The number of hydrogen-bond donors (Lipinski definition) is 3. The molecule has 302 valence electrons. The molecular weight excluding hydrogens is 761 g/mol. The van der Waals surface area contributed by atoms with Gasteiger partial charge in [0.2, 0.25) is 5.69 Å². The van der Waals surface area contributed by atoms with Crippen LogP contribution < -0.4 is 5.32 Å². The minimum absolute atomic E-state index is 0.0421. The van der Waals surface area contributed by atoms with Crippen LogP contribution in [0.15, 0.2) is 114 Å². The number of para-hydroxylation sites is 1. The molecule has 0 spiro atoms. The summed E-state index contributed by atoms with van der Waals surface area (Å²) in [7, 11) is -8.51. The van der Waals surface area contributed by atoms with Crippen LogP contribution in [0.25, 0.3) is 5.57 Å². The van der Waals surface area contributed by atoms with Gasteiger partial charge in [0.05, 0.1) is 27.3 Å². The van der Waals surface area contributed by atoms with E-state index in [4.69, 9.17) is 0 Å². The highest BCUT2D eigenvalue weighted by atomic mass is 32.2. The lowest BCUT2D eigenvalue weighted by Gasteiger charge is -2.26. The predicted molar refractivity (Wildman–Crippen MR) is 224 cm³/mol. The largest absolute Gasteiger partial charge is 0.748 e. The lowest BCUT2D eigenvalue weighted by atomic mass is 9.79. The van der Waals surface area contributed by atoms with Gasteiger partial charge < -0.3 is 15.0 Å². The van der Waals surface area contributed by atoms with Crippen molar-refractivity contribution in [3.05, 3.63) is 142 Å². The lowest BCUT2D eigenvalue weighted by Crippen LogP contribution is -2.29. The van der Waals surface area contributed by atoms with Crippen LogP contribution in [-0.4, -0.2) is 71.9 Å². The zero-order chi connectivity index (χ0) is 41.2. The van der Waals surface area contributed by atoms with Gasteiger partial charge >= 0.3 is 5.97 Å². The second kappa shape index (κ2) is 16.8. The van der Waals surface area contributed by atoms with E-state index in [2.05, 4.69) is 92.2 Å². The molecule has 10 nitrogen and oxygen atoms in total. The first-order chi connectivity index (χ1) is 26.9. The third kappa shape index (κ3) is 9.64. The van der Waals surface area contributed by atoms with Gasteiger partial charge in [-0.3, -0.25) is 9.35 Å². The summed E-state index contributed by atoms with van der Waals surface area (Å²) in [6, 6.07) is 24.0. The van der Waals surface area contributed by atoms with Crippen LogP contribution in [0.2, 0.25) is 0 Å². The minimum Gasteiger partial charge on any atom is -0.748 e. The van der Waals surface area contributed by atoms with E-state index in [-0.39, 0.29) is 30.8 Å². The molecular formula is C45H52N2O8S2. The van der Waals surface area contributed by atoms with Crippen molar-refractivity contribution < 1.29 is 40.4 Å². The van der Waals surface area contributed by atoms with Gasteiger partial charge in [-0.1, -0.05) is 98.8 Å². The number of carboxylic acid groups (broad SMARTS) is 1. The minimum atomic E-state index is -4.36. The third-order valence-corrected chi connectivity index (χ3v) is 13.1. The van der Waals surface area contributed by atoms with E-state index in [9.17, 15) is 35.8 Å². The van der Waals surface area contributed by atoms with E-state index in [0.717, 1.165) is 80.8 Å². The number of allylic oxidation sites excluding steroid dienone is 7. The van der Waals surface area contributed by atoms with E-state index in [1.807, 2.05) is 42.5 Å².